The molecular formula is C12H19N3O2. The van der Waals surface area contributed by atoms with Crippen LogP contribution in [-0.2, 0) is 11.3 Å². The van der Waals surface area contributed by atoms with E-state index < -0.39 is 0 Å². The molecule has 1 N–H and O–H groups in total. The molecule has 1 aliphatic carbocycles. The molecule has 1 aromatic heterocycles. The third kappa shape index (κ3) is 4.66. The van der Waals surface area contributed by atoms with Gasteiger partial charge >= 0.3 is 0 Å². The summed E-state index contributed by atoms with van der Waals surface area (Å²) in [5.74, 6) is 0.580. The molecule has 17 heavy (non-hydrogen) atoms. The monoisotopic (exact) mass is 237 g/mol. The molecule has 0 amide bonds. The van der Waals surface area contributed by atoms with Crippen LogP contribution in [0.15, 0.2) is 12.4 Å². The first-order valence-corrected chi connectivity index (χ1v) is 6.04. The predicted octanol–water partition coefficient (Wildman–Crippen LogP) is 1.14. The minimum Gasteiger partial charge on any atom is -0.476 e. The lowest BCUT2D eigenvalue weighted by molar-refractivity contribution is 0.170. The van der Waals surface area contributed by atoms with E-state index in [0.717, 1.165) is 18.7 Å². The summed E-state index contributed by atoms with van der Waals surface area (Å²) in [7, 11) is 1.68. The molecule has 1 aromatic rings. The lowest BCUT2D eigenvalue weighted by atomic mass is 10.4. The number of aromatic nitrogens is 2. The van der Waals surface area contributed by atoms with Crippen LogP contribution in [-0.4, -0.2) is 36.3 Å². The number of rotatable bonds is 8. The van der Waals surface area contributed by atoms with Crippen molar-refractivity contribution in [3.8, 4) is 5.88 Å². The van der Waals surface area contributed by atoms with Crippen LogP contribution in [0.2, 0.25) is 0 Å². The highest BCUT2D eigenvalue weighted by Crippen LogP contribution is 2.19. The van der Waals surface area contributed by atoms with Gasteiger partial charge in [-0.2, -0.15) is 0 Å². The first-order chi connectivity index (χ1) is 8.38. The highest BCUT2D eigenvalue weighted by molar-refractivity contribution is 5.07. The quantitative estimate of drug-likeness (QED) is 0.687. The average molecular weight is 237 g/mol. The maximum Gasteiger partial charge on any atom is 0.232 e. The molecule has 1 fully saturated rings. The summed E-state index contributed by atoms with van der Waals surface area (Å²) in [5, 5.41) is 3.39. The Bertz CT molecular complexity index is 325. The molecule has 1 heterocycles. The van der Waals surface area contributed by atoms with Gasteiger partial charge in [0.25, 0.3) is 0 Å². The van der Waals surface area contributed by atoms with Crippen molar-refractivity contribution in [3.63, 3.8) is 0 Å². The molecule has 1 aliphatic rings. The molecule has 0 radical (unpaired) electrons. The normalized spacial score (nSPS) is 14.9. The summed E-state index contributed by atoms with van der Waals surface area (Å²) in [6, 6.07) is 0.696. The fraction of sp³-hybridized carbons (Fsp3) is 0.667. The van der Waals surface area contributed by atoms with Crippen molar-refractivity contribution in [3.05, 3.63) is 18.1 Å². The van der Waals surface area contributed by atoms with Gasteiger partial charge in [-0.05, 0) is 12.8 Å². The van der Waals surface area contributed by atoms with Gasteiger partial charge in [0.2, 0.25) is 5.88 Å². The van der Waals surface area contributed by atoms with Crippen molar-refractivity contribution in [1.29, 1.82) is 0 Å². The summed E-state index contributed by atoms with van der Waals surface area (Å²) < 4.78 is 10.4. The van der Waals surface area contributed by atoms with Crippen LogP contribution in [0.5, 0.6) is 5.88 Å². The standard InChI is InChI=1S/C12H19N3O2/c1-16-5-2-6-17-12-9-14-11(8-15-12)7-13-10-3-4-10/h8-10,13H,2-7H2,1H3. The molecule has 0 unspecified atom stereocenters. The van der Waals surface area contributed by atoms with Gasteiger partial charge in [-0.3, -0.25) is 4.98 Å². The van der Waals surface area contributed by atoms with Crippen molar-refractivity contribution in [2.75, 3.05) is 20.3 Å². The third-order valence-electron chi connectivity index (χ3n) is 2.57. The van der Waals surface area contributed by atoms with Crippen LogP contribution in [0.3, 0.4) is 0 Å². The van der Waals surface area contributed by atoms with Gasteiger partial charge in [0.15, 0.2) is 0 Å². The van der Waals surface area contributed by atoms with Crippen molar-refractivity contribution in [2.24, 2.45) is 0 Å². The molecule has 1 saturated carbocycles. The van der Waals surface area contributed by atoms with Gasteiger partial charge in [0.1, 0.15) is 0 Å². The molecule has 0 bridgehead atoms. The molecule has 0 aromatic carbocycles. The first kappa shape index (κ1) is 12.3. The van der Waals surface area contributed by atoms with Crippen LogP contribution in [0.1, 0.15) is 25.0 Å². The Morgan fingerprint density at radius 1 is 1.29 bits per heavy atom. The van der Waals surface area contributed by atoms with Crippen LogP contribution in [0, 0.1) is 0 Å². The second kappa shape index (κ2) is 6.51. The highest BCUT2D eigenvalue weighted by Gasteiger charge is 2.20. The van der Waals surface area contributed by atoms with E-state index in [4.69, 9.17) is 9.47 Å². The minimum atomic E-state index is 0.580. The number of nitrogens with zero attached hydrogens (tertiary/aromatic N) is 2. The molecular weight excluding hydrogens is 218 g/mol. The second-order valence-corrected chi connectivity index (χ2v) is 4.20. The lowest BCUT2D eigenvalue weighted by Crippen LogP contribution is -2.16. The maximum atomic E-state index is 5.43. The molecule has 0 aliphatic heterocycles. The van der Waals surface area contributed by atoms with Crippen molar-refractivity contribution in [2.45, 2.75) is 31.8 Å². The van der Waals surface area contributed by atoms with E-state index in [9.17, 15) is 0 Å². The van der Waals surface area contributed by atoms with Crippen molar-refractivity contribution < 1.29 is 9.47 Å². The van der Waals surface area contributed by atoms with Gasteiger partial charge in [-0.15, -0.1) is 0 Å². The van der Waals surface area contributed by atoms with Gasteiger partial charge in [-0.1, -0.05) is 0 Å². The number of hydrogen-bond acceptors (Lipinski definition) is 5. The summed E-state index contributed by atoms with van der Waals surface area (Å²) >= 11 is 0. The summed E-state index contributed by atoms with van der Waals surface area (Å²) in [4.78, 5) is 8.51. The van der Waals surface area contributed by atoms with Crippen LogP contribution < -0.4 is 10.1 Å². The molecule has 0 atom stereocenters. The van der Waals surface area contributed by atoms with Gasteiger partial charge in [-0.25, -0.2) is 4.98 Å². The van der Waals surface area contributed by atoms with E-state index in [1.165, 1.54) is 12.8 Å². The zero-order valence-corrected chi connectivity index (χ0v) is 10.2. The topological polar surface area (TPSA) is 56.3 Å². The number of ether oxygens (including phenoxy) is 2. The number of hydrogen-bond donors (Lipinski definition) is 1. The zero-order valence-electron chi connectivity index (χ0n) is 10.2. The Morgan fingerprint density at radius 3 is 2.82 bits per heavy atom. The largest absolute Gasteiger partial charge is 0.476 e. The van der Waals surface area contributed by atoms with E-state index >= 15 is 0 Å². The highest BCUT2D eigenvalue weighted by atomic mass is 16.5. The average Bonchev–Trinajstić information content (AvgIpc) is 3.18. The smallest absolute Gasteiger partial charge is 0.232 e. The van der Waals surface area contributed by atoms with Gasteiger partial charge in [0, 0.05) is 32.7 Å². The van der Waals surface area contributed by atoms with E-state index in [-0.39, 0.29) is 0 Å². The Balaban J connectivity index is 1.68. The zero-order chi connectivity index (χ0) is 11.9. The Morgan fingerprint density at radius 2 is 2.18 bits per heavy atom. The van der Waals surface area contributed by atoms with E-state index in [1.807, 2.05) is 0 Å². The predicted molar refractivity (Wildman–Crippen MR) is 63.9 cm³/mol. The lowest BCUT2D eigenvalue weighted by Gasteiger charge is -2.05. The molecule has 5 nitrogen and oxygen atoms in total. The SMILES string of the molecule is COCCCOc1cnc(CNC2CC2)cn1. The molecule has 5 heteroatoms. The number of methoxy groups -OCH3 is 1. The second-order valence-electron chi connectivity index (χ2n) is 4.20. The molecule has 2 rings (SSSR count). The fourth-order valence-corrected chi connectivity index (χ4v) is 1.43. The van der Waals surface area contributed by atoms with E-state index in [2.05, 4.69) is 15.3 Å². The summed E-state index contributed by atoms with van der Waals surface area (Å²) in [5.41, 5.74) is 0.959. The molecule has 94 valence electrons. The molecule has 0 saturated heterocycles. The Labute approximate surface area is 102 Å². The van der Waals surface area contributed by atoms with Crippen molar-refractivity contribution in [1.82, 2.24) is 15.3 Å². The van der Waals surface area contributed by atoms with Gasteiger partial charge < -0.3 is 14.8 Å². The van der Waals surface area contributed by atoms with Gasteiger partial charge in [0.05, 0.1) is 24.7 Å². The minimum absolute atomic E-state index is 0.580. The van der Waals surface area contributed by atoms with Crippen LogP contribution in [0.25, 0.3) is 0 Å². The Hall–Kier alpha value is -1.20. The number of nitrogens with one attached hydrogen (secondary N) is 1. The van der Waals surface area contributed by atoms with Crippen LogP contribution in [0.4, 0.5) is 0 Å². The Kier molecular flexibility index (Phi) is 4.70. The van der Waals surface area contributed by atoms with Crippen molar-refractivity contribution >= 4 is 0 Å². The third-order valence-corrected chi connectivity index (χ3v) is 2.57. The molecule has 0 spiro atoms. The van der Waals surface area contributed by atoms with Crippen LogP contribution >= 0.6 is 0 Å². The fourth-order valence-electron chi connectivity index (χ4n) is 1.43. The first-order valence-electron chi connectivity index (χ1n) is 6.04. The van der Waals surface area contributed by atoms with E-state index in [0.29, 0.717) is 25.1 Å². The summed E-state index contributed by atoms with van der Waals surface area (Å²) in [6.07, 6.45) is 6.88. The van der Waals surface area contributed by atoms with E-state index in [1.54, 1.807) is 19.5 Å². The maximum absolute atomic E-state index is 5.43. The summed E-state index contributed by atoms with van der Waals surface area (Å²) in [6.45, 7) is 2.11.